The third-order valence-corrected chi connectivity index (χ3v) is 5.41. The molecule has 0 saturated heterocycles. The van der Waals surface area contributed by atoms with Crippen molar-refractivity contribution in [1.82, 2.24) is 14.5 Å². The van der Waals surface area contributed by atoms with Crippen LogP contribution in [0.15, 0.2) is 89.9 Å². The summed E-state index contributed by atoms with van der Waals surface area (Å²) < 4.78 is 1.62. The summed E-state index contributed by atoms with van der Waals surface area (Å²) in [6, 6.07) is 24.8. The van der Waals surface area contributed by atoms with Crippen LogP contribution in [0.5, 0.6) is 5.75 Å². The number of H-pyrrole nitrogens is 1. The molecular formula is C26H21N3O2. The summed E-state index contributed by atoms with van der Waals surface area (Å²) in [7, 11) is 0. The van der Waals surface area contributed by atoms with E-state index in [2.05, 4.69) is 17.1 Å². The molecule has 2 heterocycles. The van der Waals surface area contributed by atoms with Crippen molar-refractivity contribution < 1.29 is 5.11 Å². The van der Waals surface area contributed by atoms with Crippen molar-refractivity contribution in [2.24, 2.45) is 0 Å². The number of imidazole rings is 1. The number of aromatic hydroxyl groups is 1. The van der Waals surface area contributed by atoms with Crippen molar-refractivity contribution in [3.05, 3.63) is 112 Å². The summed E-state index contributed by atoms with van der Waals surface area (Å²) in [5.41, 5.74) is 5.85. The lowest BCUT2D eigenvalue weighted by Gasteiger charge is -2.13. The van der Waals surface area contributed by atoms with Crippen LogP contribution in [0, 0.1) is 6.92 Å². The summed E-state index contributed by atoms with van der Waals surface area (Å²) in [5, 5.41) is 9.64. The van der Waals surface area contributed by atoms with Gasteiger partial charge in [-0.1, -0.05) is 60.2 Å². The summed E-state index contributed by atoms with van der Waals surface area (Å²) in [4.78, 5) is 21.5. The average molecular weight is 407 g/mol. The Morgan fingerprint density at radius 3 is 2.29 bits per heavy atom. The molecule has 152 valence electrons. The number of aryl methyl sites for hydroxylation is 1. The second kappa shape index (κ2) is 7.61. The molecule has 0 spiro atoms. The van der Waals surface area contributed by atoms with Crippen molar-refractivity contribution in [1.29, 1.82) is 0 Å². The van der Waals surface area contributed by atoms with E-state index in [4.69, 9.17) is 4.98 Å². The lowest BCUT2D eigenvalue weighted by Crippen LogP contribution is -2.16. The van der Waals surface area contributed by atoms with Gasteiger partial charge in [0.2, 0.25) is 0 Å². The number of rotatable bonds is 4. The molecule has 2 aliphatic heterocycles. The van der Waals surface area contributed by atoms with Gasteiger partial charge in [0, 0.05) is 18.2 Å². The zero-order valence-corrected chi connectivity index (χ0v) is 17.0. The number of hydrogen-bond acceptors (Lipinski definition) is 3. The fourth-order valence-corrected chi connectivity index (χ4v) is 3.74. The molecule has 5 heteroatoms. The molecule has 0 aliphatic carbocycles. The van der Waals surface area contributed by atoms with E-state index in [1.54, 1.807) is 22.9 Å². The minimum Gasteiger partial charge on any atom is -0.508 e. The monoisotopic (exact) mass is 407 g/mol. The van der Waals surface area contributed by atoms with E-state index < -0.39 is 0 Å². The van der Waals surface area contributed by atoms with E-state index >= 15 is 0 Å². The normalized spacial score (nSPS) is 11.1. The Labute approximate surface area is 179 Å². The van der Waals surface area contributed by atoms with Gasteiger partial charge in [0.25, 0.3) is 5.56 Å². The quantitative estimate of drug-likeness (QED) is 0.443. The average Bonchev–Trinajstić information content (AvgIpc) is 3.12. The molecule has 2 aliphatic rings. The van der Waals surface area contributed by atoms with Crippen LogP contribution in [0.2, 0.25) is 0 Å². The van der Waals surface area contributed by atoms with Gasteiger partial charge in [-0.3, -0.25) is 9.36 Å². The molecule has 0 unspecified atom stereocenters. The Morgan fingerprint density at radius 2 is 1.58 bits per heavy atom. The zero-order chi connectivity index (χ0) is 21.4. The summed E-state index contributed by atoms with van der Waals surface area (Å²) in [5.74, 6) is 0.815. The van der Waals surface area contributed by atoms with Gasteiger partial charge in [-0.25, -0.2) is 4.98 Å². The molecule has 5 rings (SSSR count). The molecule has 2 N–H and O–H groups in total. The molecule has 5 nitrogen and oxygen atoms in total. The number of aromatic amines is 1. The van der Waals surface area contributed by atoms with Crippen LogP contribution >= 0.6 is 0 Å². The van der Waals surface area contributed by atoms with Crippen LogP contribution in [0.4, 0.5) is 0 Å². The molecule has 3 aromatic carbocycles. The minimum atomic E-state index is -0.151. The Bertz CT molecular complexity index is 1370. The van der Waals surface area contributed by atoms with E-state index in [1.165, 1.54) is 0 Å². The number of nitrogens with zero attached hydrogens (tertiary/aromatic N) is 2. The van der Waals surface area contributed by atoms with Crippen LogP contribution in [0.25, 0.3) is 28.3 Å². The third-order valence-electron chi connectivity index (χ3n) is 5.41. The number of phenolic OH excluding ortho intramolecular Hbond substituents is 1. The van der Waals surface area contributed by atoms with E-state index in [1.807, 2.05) is 61.5 Å². The van der Waals surface area contributed by atoms with Gasteiger partial charge in [0.15, 0.2) is 5.82 Å². The number of nitrogens with one attached hydrogen (secondary N) is 1. The third kappa shape index (κ3) is 3.62. The molecule has 3 aromatic rings. The minimum absolute atomic E-state index is 0.151. The highest BCUT2D eigenvalue weighted by atomic mass is 16.3. The fourth-order valence-electron chi connectivity index (χ4n) is 3.74. The van der Waals surface area contributed by atoms with Crippen molar-refractivity contribution in [2.45, 2.75) is 13.3 Å². The van der Waals surface area contributed by atoms with Gasteiger partial charge in [0.1, 0.15) is 11.4 Å². The smallest absolute Gasteiger partial charge is 0.282 e. The molecule has 0 fully saturated rings. The Kier molecular flexibility index (Phi) is 4.64. The van der Waals surface area contributed by atoms with Crippen LogP contribution < -0.4 is 5.56 Å². The molecule has 0 aromatic heterocycles. The summed E-state index contributed by atoms with van der Waals surface area (Å²) >= 11 is 0. The molecule has 0 saturated carbocycles. The van der Waals surface area contributed by atoms with Crippen molar-refractivity contribution in [3.8, 4) is 34.1 Å². The predicted octanol–water partition coefficient (Wildman–Crippen LogP) is 4.94. The molecule has 0 amide bonds. The van der Waals surface area contributed by atoms with Crippen molar-refractivity contribution in [2.75, 3.05) is 0 Å². The maximum atomic E-state index is 13.3. The maximum absolute atomic E-state index is 13.3. The van der Waals surface area contributed by atoms with Crippen molar-refractivity contribution in [3.63, 3.8) is 0 Å². The number of hydrogen-bond donors (Lipinski definition) is 2. The van der Waals surface area contributed by atoms with Gasteiger partial charge >= 0.3 is 0 Å². The van der Waals surface area contributed by atoms with Gasteiger partial charge < -0.3 is 10.1 Å². The molecular weight excluding hydrogens is 386 g/mol. The number of aromatic nitrogens is 3. The molecule has 0 radical (unpaired) electrons. The first-order valence-corrected chi connectivity index (χ1v) is 10.1. The number of benzene rings is 3. The Morgan fingerprint density at radius 1 is 0.903 bits per heavy atom. The maximum Gasteiger partial charge on any atom is 0.282 e. The SMILES string of the molecule is Cc1ccc(-c2nc3c(Cc4ccccc4)[nH]c(-c4ccc(O)cc4)cn-3c2=O)cc1. The summed E-state index contributed by atoms with van der Waals surface area (Å²) in [6.45, 7) is 2.02. The van der Waals surface area contributed by atoms with Crippen molar-refractivity contribution >= 4 is 0 Å². The molecule has 0 bridgehead atoms. The first-order valence-electron chi connectivity index (χ1n) is 10.1. The largest absolute Gasteiger partial charge is 0.508 e. The van der Waals surface area contributed by atoms with Gasteiger partial charge in [0.05, 0.1) is 11.4 Å². The van der Waals surface area contributed by atoms with E-state index in [-0.39, 0.29) is 11.3 Å². The first-order chi connectivity index (χ1) is 15.1. The second-order valence-electron chi connectivity index (χ2n) is 7.68. The van der Waals surface area contributed by atoms with Crippen LogP contribution in [-0.2, 0) is 6.42 Å². The summed E-state index contributed by atoms with van der Waals surface area (Å²) in [6.07, 6.45) is 2.39. The highest BCUT2D eigenvalue weighted by Crippen LogP contribution is 2.26. The molecule has 31 heavy (non-hydrogen) atoms. The lowest BCUT2D eigenvalue weighted by atomic mass is 10.1. The highest BCUT2D eigenvalue weighted by Gasteiger charge is 2.21. The fraction of sp³-hybridized carbons (Fsp3) is 0.0769. The van der Waals surface area contributed by atoms with Crippen LogP contribution in [0.1, 0.15) is 16.8 Å². The number of fused-ring (bicyclic) bond motifs is 1. The second-order valence-corrected chi connectivity index (χ2v) is 7.68. The molecule has 0 atom stereocenters. The standard InChI is InChI=1S/C26H21N3O2/c1-17-7-9-20(10-8-17)24-26(31)29-16-23(19-11-13-21(30)14-12-19)27-22(25(29)28-24)15-18-5-3-2-4-6-18/h2-14,16,27,30H,15H2,1H3. The highest BCUT2D eigenvalue weighted by molar-refractivity contribution is 5.65. The van der Waals surface area contributed by atoms with Gasteiger partial charge in [-0.2, -0.15) is 0 Å². The Hall–Kier alpha value is -4.12. The zero-order valence-electron chi connectivity index (χ0n) is 17.0. The lowest BCUT2D eigenvalue weighted by molar-refractivity contribution is 0.475. The van der Waals surface area contributed by atoms with Crippen LogP contribution in [-0.4, -0.2) is 19.6 Å². The van der Waals surface area contributed by atoms with Crippen LogP contribution in [0.3, 0.4) is 0 Å². The van der Waals surface area contributed by atoms with Gasteiger partial charge in [-0.05, 0) is 42.3 Å². The van der Waals surface area contributed by atoms with Gasteiger partial charge in [-0.15, -0.1) is 0 Å². The van der Waals surface area contributed by atoms with E-state index in [9.17, 15) is 9.90 Å². The van der Waals surface area contributed by atoms with E-state index in [0.29, 0.717) is 17.9 Å². The topological polar surface area (TPSA) is 70.9 Å². The Balaban J connectivity index is 1.71. The predicted molar refractivity (Wildman–Crippen MR) is 122 cm³/mol. The van der Waals surface area contributed by atoms with E-state index in [0.717, 1.165) is 33.6 Å². The first kappa shape index (κ1) is 18.9. The number of phenols is 1.